The summed E-state index contributed by atoms with van der Waals surface area (Å²) in [6, 6.07) is 0. The number of carbonyl (C=O) groups is 1. The van der Waals surface area contributed by atoms with E-state index in [0.717, 1.165) is 25.5 Å². The molecule has 2 rings (SSSR count). The molecule has 0 amide bonds. The molecule has 1 aliphatic heterocycles. The Balaban J connectivity index is 2.10. The van der Waals surface area contributed by atoms with Crippen LogP contribution in [-0.4, -0.2) is 30.7 Å². The Morgan fingerprint density at radius 2 is 2.33 bits per heavy atom. The summed E-state index contributed by atoms with van der Waals surface area (Å²) >= 11 is 0. The lowest BCUT2D eigenvalue weighted by Crippen LogP contribution is -2.46. The first-order valence-electron chi connectivity index (χ1n) is 4.51. The monoisotopic (exact) mass is 170 g/mol. The summed E-state index contributed by atoms with van der Waals surface area (Å²) in [5.74, 6) is 0.164. The van der Waals surface area contributed by atoms with E-state index in [1.54, 1.807) is 0 Å². The van der Waals surface area contributed by atoms with Gasteiger partial charge in [-0.05, 0) is 25.2 Å². The third-order valence-corrected chi connectivity index (χ3v) is 3.29. The SMILES string of the molecule is O=CC1(C2CCC2O)CCOC1. The Morgan fingerprint density at radius 3 is 2.67 bits per heavy atom. The predicted octanol–water partition coefficient (Wildman–Crippen LogP) is 0.363. The highest BCUT2D eigenvalue weighted by Gasteiger charge is 2.49. The quantitative estimate of drug-likeness (QED) is 0.609. The largest absolute Gasteiger partial charge is 0.393 e. The van der Waals surface area contributed by atoms with Crippen LogP contribution in [0, 0.1) is 11.3 Å². The van der Waals surface area contributed by atoms with Gasteiger partial charge in [-0.15, -0.1) is 0 Å². The first-order chi connectivity index (χ1) is 5.78. The molecule has 1 N–H and O–H groups in total. The van der Waals surface area contributed by atoms with Crippen LogP contribution >= 0.6 is 0 Å². The molecule has 1 saturated carbocycles. The highest BCUT2D eigenvalue weighted by atomic mass is 16.5. The lowest BCUT2D eigenvalue weighted by molar-refractivity contribution is -0.129. The number of rotatable bonds is 2. The summed E-state index contributed by atoms with van der Waals surface area (Å²) < 4.78 is 5.21. The van der Waals surface area contributed by atoms with Crippen LogP contribution < -0.4 is 0 Å². The second-order valence-corrected chi connectivity index (χ2v) is 3.90. The molecule has 1 saturated heterocycles. The van der Waals surface area contributed by atoms with Gasteiger partial charge in [0.05, 0.1) is 18.1 Å². The maximum atomic E-state index is 10.9. The molecule has 0 radical (unpaired) electrons. The average molecular weight is 170 g/mol. The summed E-state index contributed by atoms with van der Waals surface area (Å²) in [5.41, 5.74) is -0.350. The highest BCUT2D eigenvalue weighted by Crippen LogP contribution is 2.45. The van der Waals surface area contributed by atoms with Crippen molar-refractivity contribution in [3.8, 4) is 0 Å². The van der Waals surface area contributed by atoms with E-state index in [0.29, 0.717) is 13.2 Å². The van der Waals surface area contributed by atoms with Gasteiger partial charge in [-0.25, -0.2) is 0 Å². The molecule has 0 aromatic carbocycles. The van der Waals surface area contributed by atoms with E-state index in [-0.39, 0.29) is 17.4 Å². The lowest BCUT2D eigenvalue weighted by Gasteiger charge is -2.42. The topological polar surface area (TPSA) is 46.5 Å². The van der Waals surface area contributed by atoms with Gasteiger partial charge in [0, 0.05) is 6.61 Å². The van der Waals surface area contributed by atoms with Crippen LogP contribution in [0.15, 0.2) is 0 Å². The summed E-state index contributed by atoms with van der Waals surface area (Å²) in [4.78, 5) is 10.9. The van der Waals surface area contributed by atoms with Gasteiger partial charge in [0.2, 0.25) is 0 Å². The summed E-state index contributed by atoms with van der Waals surface area (Å²) in [6.07, 6.45) is 3.34. The van der Waals surface area contributed by atoms with Crippen molar-refractivity contribution in [1.29, 1.82) is 0 Å². The van der Waals surface area contributed by atoms with E-state index in [1.807, 2.05) is 0 Å². The van der Waals surface area contributed by atoms with Crippen LogP contribution in [0.1, 0.15) is 19.3 Å². The number of hydrogen-bond donors (Lipinski definition) is 1. The number of aldehydes is 1. The smallest absolute Gasteiger partial charge is 0.128 e. The molecule has 3 atom stereocenters. The minimum absolute atomic E-state index is 0.164. The third-order valence-electron chi connectivity index (χ3n) is 3.29. The fourth-order valence-electron chi connectivity index (χ4n) is 2.22. The summed E-state index contributed by atoms with van der Waals surface area (Å²) in [6.45, 7) is 1.18. The van der Waals surface area contributed by atoms with E-state index in [9.17, 15) is 9.90 Å². The molecule has 2 aliphatic rings. The highest BCUT2D eigenvalue weighted by molar-refractivity contribution is 5.61. The van der Waals surface area contributed by atoms with Crippen molar-refractivity contribution in [3.05, 3.63) is 0 Å². The Morgan fingerprint density at radius 1 is 1.50 bits per heavy atom. The zero-order valence-electron chi connectivity index (χ0n) is 7.03. The molecule has 3 nitrogen and oxygen atoms in total. The maximum absolute atomic E-state index is 10.9. The molecule has 3 heteroatoms. The fraction of sp³-hybridized carbons (Fsp3) is 0.889. The zero-order chi connectivity index (χ0) is 8.60. The van der Waals surface area contributed by atoms with Crippen molar-refractivity contribution in [2.75, 3.05) is 13.2 Å². The van der Waals surface area contributed by atoms with Crippen molar-refractivity contribution in [1.82, 2.24) is 0 Å². The number of aliphatic hydroxyl groups is 1. The van der Waals surface area contributed by atoms with E-state index in [2.05, 4.69) is 0 Å². The van der Waals surface area contributed by atoms with E-state index in [4.69, 9.17) is 4.74 Å². The van der Waals surface area contributed by atoms with Gasteiger partial charge in [-0.2, -0.15) is 0 Å². The molecule has 3 unspecified atom stereocenters. The first-order valence-corrected chi connectivity index (χ1v) is 4.51. The maximum Gasteiger partial charge on any atom is 0.128 e. The molecule has 12 heavy (non-hydrogen) atoms. The van der Waals surface area contributed by atoms with Crippen LogP contribution in [0.5, 0.6) is 0 Å². The molecule has 2 fully saturated rings. The van der Waals surface area contributed by atoms with Gasteiger partial charge in [0.15, 0.2) is 0 Å². The normalized spacial score (nSPS) is 47.1. The Hall–Kier alpha value is -0.410. The standard InChI is InChI=1S/C9H14O3/c10-5-9(3-4-12-6-9)7-1-2-8(7)11/h5,7-8,11H,1-4,6H2. The second-order valence-electron chi connectivity index (χ2n) is 3.90. The molecule has 0 aromatic heterocycles. The number of hydrogen-bond acceptors (Lipinski definition) is 3. The second kappa shape index (κ2) is 2.82. The third kappa shape index (κ3) is 1.00. The van der Waals surface area contributed by atoms with Crippen molar-refractivity contribution in [2.24, 2.45) is 11.3 Å². The van der Waals surface area contributed by atoms with Crippen LogP contribution in [0.3, 0.4) is 0 Å². The van der Waals surface area contributed by atoms with Gasteiger partial charge in [-0.1, -0.05) is 0 Å². The van der Waals surface area contributed by atoms with Crippen molar-refractivity contribution < 1.29 is 14.6 Å². The van der Waals surface area contributed by atoms with Crippen LogP contribution in [0.4, 0.5) is 0 Å². The molecule has 68 valence electrons. The van der Waals surface area contributed by atoms with E-state index >= 15 is 0 Å². The molecule has 0 aromatic rings. The first kappa shape index (κ1) is 8.20. The van der Waals surface area contributed by atoms with E-state index < -0.39 is 0 Å². The Labute approximate surface area is 71.7 Å². The van der Waals surface area contributed by atoms with Crippen LogP contribution in [0.25, 0.3) is 0 Å². The average Bonchev–Trinajstić information content (AvgIpc) is 2.51. The summed E-state index contributed by atoms with van der Waals surface area (Å²) in [7, 11) is 0. The summed E-state index contributed by atoms with van der Waals surface area (Å²) in [5, 5.41) is 9.45. The number of aliphatic hydroxyl groups excluding tert-OH is 1. The zero-order valence-corrected chi connectivity index (χ0v) is 7.03. The van der Waals surface area contributed by atoms with Gasteiger partial charge in [-0.3, -0.25) is 0 Å². The van der Waals surface area contributed by atoms with Crippen molar-refractivity contribution >= 4 is 6.29 Å². The van der Waals surface area contributed by atoms with Crippen LogP contribution in [-0.2, 0) is 9.53 Å². The van der Waals surface area contributed by atoms with Gasteiger partial charge in [0.1, 0.15) is 6.29 Å². The molecule has 1 heterocycles. The molecule has 0 bridgehead atoms. The Kier molecular flexibility index (Phi) is 1.93. The van der Waals surface area contributed by atoms with Crippen molar-refractivity contribution in [3.63, 3.8) is 0 Å². The number of ether oxygens (including phenoxy) is 1. The Bertz CT molecular complexity index is 184. The minimum Gasteiger partial charge on any atom is -0.393 e. The predicted molar refractivity (Wildman–Crippen MR) is 42.7 cm³/mol. The van der Waals surface area contributed by atoms with Gasteiger partial charge < -0.3 is 14.6 Å². The minimum atomic E-state index is -0.350. The van der Waals surface area contributed by atoms with Crippen molar-refractivity contribution in [2.45, 2.75) is 25.4 Å². The van der Waals surface area contributed by atoms with E-state index in [1.165, 1.54) is 0 Å². The molecular formula is C9H14O3. The fourth-order valence-corrected chi connectivity index (χ4v) is 2.22. The number of carbonyl (C=O) groups excluding carboxylic acids is 1. The van der Waals surface area contributed by atoms with Crippen LogP contribution in [0.2, 0.25) is 0 Å². The molecule has 1 aliphatic carbocycles. The molecule has 0 spiro atoms. The van der Waals surface area contributed by atoms with Gasteiger partial charge in [0.25, 0.3) is 0 Å². The lowest BCUT2D eigenvalue weighted by atomic mass is 9.64. The van der Waals surface area contributed by atoms with Gasteiger partial charge >= 0.3 is 0 Å². The molecular weight excluding hydrogens is 156 g/mol.